The number of benzene rings is 2. The summed E-state index contributed by atoms with van der Waals surface area (Å²) in [6.45, 7) is 3.66. The third-order valence-corrected chi connectivity index (χ3v) is 6.52. The van der Waals surface area contributed by atoms with Gasteiger partial charge in [-0.3, -0.25) is 0 Å². The summed E-state index contributed by atoms with van der Waals surface area (Å²) in [4.78, 5) is 11.7. The third kappa shape index (κ3) is 4.10. The average molecular weight is 471 g/mol. The molecule has 2 N–H and O–H groups in total. The molecule has 0 saturated carbocycles. The Kier molecular flexibility index (Phi) is 5.40. The smallest absolute Gasteiger partial charge is 0.383 e. The summed E-state index contributed by atoms with van der Waals surface area (Å²) >= 11 is 1.89. The van der Waals surface area contributed by atoms with Gasteiger partial charge in [-0.2, -0.15) is 29.9 Å². The molecule has 33 heavy (non-hydrogen) atoms. The number of aromatic nitrogens is 4. The highest BCUT2D eigenvalue weighted by Crippen LogP contribution is 2.35. The number of anilines is 2. The van der Waals surface area contributed by atoms with Crippen LogP contribution >= 0.6 is 11.8 Å². The van der Waals surface area contributed by atoms with Crippen LogP contribution < -0.4 is 10.6 Å². The topological polar surface area (TPSA) is 72.9 Å². The van der Waals surface area contributed by atoms with Crippen LogP contribution in [-0.2, 0) is 6.18 Å². The summed E-state index contributed by atoms with van der Waals surface area (Å²) in [6.07, 6.45) is -4.41. The molecule has 10 heteroatoms. The van der Waals surface area contributed by atoms with E-state index in [2.05, 4.69) is 15.0 Å². The van der Waals surface area contributed by atoms with E-state index in [9.17, 15) is 13.2 Å². The number of rotatable bonds is 3. The first-order valence-corrected chi connectivity index (χ1v) is 11.6. The molecular formula is C23H21F3N6S. The lowest BCUT2D eigenvalue weighted by Gasteiger charge is -2.26. The third-order valence-electron chi connectivity index (χ3n) is 5.58. The zero-order chi connectivity index (χ0) is 23.2. The van der Waals surface area contributed by atoms with Crippen LogP contribution in [0.4, 0.5) is 24.9 Å². The van der Waals surface area contributed by atoms with Gasteiger partial charge in [-0.1, -0.05) is 23.8 Å². The molecule has 1 aliphatic heterocycles. The fraction of sp³-hybridized carbons (Fsp3) is 0.261. The average Bonchev–Trinajstić information content (AvgIpc) is 3.15. The first kappa shape index (κ1) is 21.6. The highest BCUT2D eigenvalue weighted by Gasteiger charge is 2.30. The minimum atomic E-state index is -4.41. The molecule has 0 amide bonds. The predicted molar refractivity (Wildman–Crippen MR) is 126 cm³/mol. The molecule has 0 radical (unpaired) electrons. The lowest BCUT2D eigenvalue weighted by Crippen LogP contribution is -2.33. The van der Waals surface area contributed by atoms with Crippen LogP contribution in [-0.4, -0.2) is 44.3 Å². The Morgan fingerprint density at radius 2 is 1.73 bits per heavy atom. The van der Waals surface area contributed by atoms with Gasteiger partial charge in [0.2, 0.25) is 5.95 Å². The first-order chi connectivity index (χ1) is 15.8. The van der Waals surface area contributed by atoms with Crippen LogP contribution in [0.2, 0.25) is 0 Å². The maximum absolute atomic E-state index is 13.0. The predicted octanol–water partition coefficient (Wildman–Crippen LogP) is 4.95. The molecule has 1 aliphatic rings. The zero-order valence-corrected chi connectivity index (χ0v) is 18.6. The van der Waals surface area contributed by atoms with Crippen molar-refractivity contribution in [3.8, 4) is 16.9 Å². The highest BCUT2D eigenvalue weighted by molar-refractivity contribution is 7.99. The fourth-order valence-corrected chi connectivity index (χ4v) is 4.80. The second kappa shape index (κ2) is 8.26. The van der Waals surface area contributed by atoms with E-state index in [4.69, 9.17) is 10.7 Å². The molecule has 4 aromatic rings. The van der Waals surface area contributed by atoms with Gasteiger partial charge in [0.1, 0.15) is 5.82 Å². The number of nitrogens with two attached hydrogens (primary N) is 1. The zero-order valence-electron chi connectivity index (χ0n) is 17.8. The number of nitrogen functional groups attached to an aromatic ring is 1. The molecular weight excluding hydrogens is 449 g/mol. The first-order valence-electron chi connectivity index (χ1n) is 10.4. The van der Waals surface area contributed by atoms with Gasteiger partial charge in [-0.05, 0) is 37.3 Å². The number of fused-ring (bicyclic) bond motifs is 1. The van der Waals surface area contributed by atoms with Gasteiger partial charge in [-0.25, -0.2) is 9.67 Å². The van der Waals surface area contributed by atoms with E-state index < -0.39 is 11.7 Å². The standard InChI is InChI=1S/C23H21F3N6S/c1-14-3-2-4-15(13-14)19-18-20(27)32(17-7-5-16(6-8-17)23(24,25)26)30-21(18)29-22(28-19)31-9-11-33-12-10-31/h2-8,13H,9-12,27H2,1H3. The quantitative estimate of drug-likeness (QED) is 0.457. The molecule has 5 rings (SSSR count). The molecule has 0 atom stereocenters. The molecule has 0 unspecified atom stereocenters. The van der Waals surface area contributed by atoms with E-state index in [1.54, 1.807) is 0 Å². The van der Waals surface area contributed by atoms with Crippen LogP contribution in [0.1, 0.15) is 11.1 Å². The Balaban J connectivity index is 1.69. The van der Waals surface area contributed by atoms with E-state index in [1.165, 1.54) is 16.8 Å². The van der Waals surface area contributed by atoms with Crippen molar-refractivity contribution in [1.29, 1.82) is 0 Å². The molecule has 2 aromatic heterocycles. The Morgan fingerprint density at radius 3 is 2.39 bits per heavy atom. The molecule has 0 aliphatic carbocycles. The molecule has 6 nitrogen and oxygen atoms in total. The van der Waals surface area contributed by atoms with Gasteiger partial charge in [-0.15, -0.1) is 5.10 Å². The van der Waals surface area contributed by atoms with Crippen molar-refractivity contribution >= 4 is 34.6 Å². The van der Waals surface area contributed by atoms with Crippen molar-refractivity contribution in [1.82, 2.24) is 19.7 Å². The van der Waals surface area contributed by atoms with Gasteiger partial charge in [0.25, 0.3) is 0 Å². The van der Waals surface area contributed by atoms with Crippen LogP contribution in [0, 0.1) is 6.92 Å². The lowest BCUT2D eigenvalue weighted by atomic mass is 10.1. The van der Waals surface area contributed by atoms with E-state index >= 15 is 0 Å². The summed E-state index contributed by atoms with van der Waals surface area (Å²) in [5, 5.41) is 5.15. The number of halogens is 3. The maximum atomic E-state index is 13.0. The number of aryl methyl sites for hydroxylation is 1. The Hall–Kier alpha value is -3.27. The second-order valence-corrected chi connectivity index (χ2v) is 9.11. The highest BCUT2D eigenvalue weighted by atomic mass is 32.2. The summed E-state index contributed by atoms with van der Waals surface area (Å²) in [5.74, 6) is 2.84. The van der Waals surface area contributed by atoms with Gasteiger partial charge >= 0.3 is 6.18 Å². The number of alkyl halides is 3. The molecule has 170 valence electrons. The van der Waals surface area contributed by atoms with Crippen LogP contribution in [0.25, 0.3) is 28.0 Å². The van der Waals surface area contributed by atoms with Crippen molar-refractivity contribution < 1.29 is 13.2 Å². The number of hydrogen-bond donors (Lipinski definition) is 1. The second-order valence-electron chi connectivity index (χ2n) is 7.88. The van der Waals surface area contributed by atoms with E-state index in [-0.39, 0.29) is 5.82 Å². The Morgan fingerprint density at radius 1 is 1.00 bits per heavy atom. The summed E-state index contributed by atoms with van der Waals surface area (Å²) in [5.41, 5.74) is 9.20. The minimum absolute atomic E-state index is 0.280. The van der Waals surface area contributed by atoms with Crippen LogP contribution in [0.15, 0.2) is 48.5 Å². The largest absolute Gasteiger partial charge is 0.416 e. The van der Waals surface area contributed by atoms with Gasteiger partial charge < -0.3 is 10.6 Å². The summed E-state index contributed by atoms with van der Waals surface area (Å²) in [6, 6.07) is 12.7. The molecule has 1 saturated heterocycles. The van der Waals surface area contributed by atoms with Gasteiger partial charge in [0, 0.05) is 30.2 Å². The van der Waals surface area contributed by atoms with E-state index in [1.807, 2.05) is 43.0 Å². The number of hydrogen-bond acceptors (Lipinski definition) is 6. The summed E-state index contributed by atoms with van der Waals surface area (Å²) in [7, 11) is 0. The van der Waals surface area contributed by atoms with Crippen molar-refractivity contribution in [3.05, 3.63) is 59.7 Å². The maximum Gasteiger partial charge on any atom is 0.416 e. The van der Waals surface area contributed by atoms with Crippen molar-refractivity contribution in [2.24, 2.45) is 0 Å². The minimum Gasteiger partial charge on any atom is -0.383 e. The van der Waals surface area contributed by atoms with Crippen LogP contribution in [0.3, 0.4) is 0 Å². The Bertz CT molecular complexity index is 1310. The SMILES string of the molecule is Cc1cccc(-c2nc(N3CCSCC3)nc3nn(-c4ccc(C(F)(F)F)cc4)c(N)c23)c1. The van der Waals surface area contributed by atoms with E-state index in [0.717, 1.165) is 47.9 Å². The number of nitrogens with zero attached hydrogens (tertiary/aromatic N) is 5. The monoisotopic (exact) mass is 470 g/mol. The van der Waals surface area contributed by atoms with E-state index in [0.29, 0.717) is 28.4 Å². The fourth-order valence-electron chi connectivity index (χ4n) is 3.89. The molecule has 0 spiro atoms. The Labute approximate surface area is 192 Å². The molecule has 0 bridgehead atoms. The number of thioether (sulfide) groups is 1. The molecule has 2 aromatic carbocycles. The molecule has 3 heterocycles. The summed E-state index contributed by atoms with van der Waals surface area (Å²) < 4.78 is 40.4. The molecule has 1 fully saturated rings. The van der Waals surface area contributed by atoms with Crippen molar-refractivity contribution in [2.75, 3.05) is 35.2 Å². The lowest BCUT2D eigenvalue weighted by molar-refractivity contribution is -0.137. The van der Waals surface area contributed by atoms with Crippen LogP contribution in [0.5, 0.6) is 0 Å². The van der Waals surface area contributed by atoms with Gasteiger partial charge in [0.05, 0.1) is 22.3 Å². The van der Waals surface area contributed by atoms with Crippen molar-refractivity contribution in [3.63, 3.8) is 0 Å². The van der Waals surface area contributed by atoms with Crippen molar-refractivity contribution in [2.45, 2.75) is 13.1 Å². The van der Waals surface area contributed by atoms with Gasteiger partial charge in [0.15, 0.2) is 5.65 Å². The normalized spacial score (nSPS) is 14.7.